The molecule has 1 aromatic heterocycles. The van der Waals surface area contributed by atoms with E-state index in [2.05, 4.69) is 29.7 Å². The van der Waals surface area contributed by atoms with Crippen LogP contribution in [0.15, 0.2) is 40.8 Å². The van der Waals surface area contributed by atoms with Crippen molar-refractivity contribution in [2.45, 2.75) is 51.5 Å². The Kier molecular flexibility index (Phi) is 6.32. The molecule has 0 spiro atoms. The Hall–Kier alpha value is -2.56. The zero-order valence-electron chi connectivity index (χ0n) is 16.1. The fourth-order valence-electron chi connectivity index (χ4n) is 3.75. The van der Waals surface area contributed by atoms with Gasteiger partial charge in [0.1, 0.15) is 11.8 Å². The maximum atomic E-state index is 12.7. The third-order valence-corrected chi connectivity index (χ3v) is 5.41. The van der Waals surface area contributed by atoms with Gasteiger partial charge in [0.2, 0.25) is 5.91 Å². The summed E-state index contributed by atoms with van der Waals surface area (Å²) in [6, 6.07) is 11.1. The van der Waals surface area contributed by atoms with E-state index < -0.39 is 6.04 Å². The molecule has 3 rings (SSSR count). The monoisotopic (exact) mass is 368 g/mol. The molecule has 1 aromatic carbocycles. The summed E-state index contributed by atoms with van der Waals surface area (Å²) in [5.74, 6) is 0.577. The van der Waals surface area contributed by atoms with Crippen LogP contribution < -0.4 is 10.6 Å². The molecular formula is C22H28N2O3. The van der Waals surface area contributed by atoms with Crippen molar-refractivity contribution in [2.24, 2.45) is 5.92 Å². The minimum atomic E-state index is -0.514. The summed E-state index contributed by atoms with van der Waals surface area (Å²) < 4.78 is 5.76. The number of amides is 2. The van der Waals surface area contributed by atoms with Gasteiger partial charge in [-0.2, -0.15) is 0 Å². The summed E-state index contributed by atoms with van der Waals surface area (Å²) in [5, 5.41) is 5.57. The lowest BCUT2D eigenvalue weighted by Crippen LogP contribution is -2.50. The third-order valence-electron chi connectivity index (χ3n) is 5.41. The lowest BCUT2D eigenvalue weighted by molar-refractivity contribution is -0.124. The van der Waals surface area contributed by atoms with Crippen LogP contribution in [0.1, 0.15) is 55.1 Å². The number of aryl methyl sites for hydroxylation is 1. The SMILES string of the molecule is CCc1ccc(-c2ccc(C(=O)N[C@H](C(=O)NC)C3CCCCC3)o2)cc1. The standard InChI is InChI=1S/C22H28N2O3/c1-3-15-9-11-16(12-10-15)18-13-14-19(27-18)21(25)24-20(22(26)23-2)17-7-5-4-6-8-17/h9-14,17,20H,3-8H2,1-2H3,(H,23,26)(H,24,25)/t20-/m0/s1. The fourth-order valence-corrected chi connectivity index (χ4v) is 3.75. The van der Waals surface area contributed by atoms with E-state index >= 15 is 0 Å². The number of furan rings is 1. The molecule has 5 heteroatoms. The minimum Gasteiger partial charge on any atom is -0.451 e. The lowest BCUT2D eigenvalue weighted by atomic mass is 9.83. The van der Waals surface area contributed by atoms with E-state index in [1.165, 1.54) is 12.0 Å². The van der Waals surface area contributed by atoms with Gasteiger partial charge >= 0.3 is 0 Å². The second kappa shape index (κ2) is 8.89. The van der Waals surface area contributed by atoms with Crippen LogP contribution in [0, 0.1) is 5.92 Å². The highest BCUT2D eigenvalue weighted by Crippen LogP contribution is 2.27. The Morgan fingerprint density at radius 2 is 1.78 bits per heavy atom. The van der Waals surface area contributed by atoms with Crippen LogP contribution in [0.5, 0.6) is 0 Å². The summed E-state index contributed by atoms with van der Waals surface area (Å²) in [4.78, 5) is 25.0. The third kappa shape index (κ3) is 4.59. The predicted molar refractivity (Wildman–Crippen MR) is 105 cm³/mol. The normalized spacial score (nSPS) is 15.9. The quantitative estimate of drug-likeness (QED) is 0.811. The molecule has 2 amide bonds. The average Bonchev–Trinajstić information content (AvgIpc) is 3.22. The Morgan fingerprint density at radius 1 is 1.07 bits per heavy atom. The number of benzene rings is 1. The van der Waals surface area contributed by atoms with Gasteiger partial charge in [-0.3, -0.25) is 9.59 Å². The van der Waals surface area contributed by atoms with Gasteiger partial charge in [-0.1, -0.05) is 50.5 Å². The van der Waals surface area contributed by atoms with E-state index in [0.717, 1.165) is 37.7 Å². The van der Waals surface area contributed by atoms with Gasteiger partial charge in [0, 0.05) is 12.6 Å². The lowest BCUT2D eigenvalue weighted by Gasteiger charge is -2.29. The highest BCUT2D eigenvalue weighted by molar-refractivity contribution is 5.96. The first kappa shape index (κ1) is 19.2. The van der Waals surface area contributed by atoms with Crippen LogP contribution in [0.2, 0.25) is 0 Å². The second-order valence-corrected chi connectivity index (χ2v) is 7.18. The minimum absolute atomic E-state index is 0.141. The molecular weight excluding hydrogens is 340 g/mol. The zero-order chi connectivity index (χ0) is 19.2. The van der Waals surface area contributed by atoms with Crippen molar-refractivity contribution >= 4 is 11.8 Å². The first-order valence-corrected chi connectivity index (χ1v) is 9.84. The van der Waals surface area contributed by atoms with E-state index in [0.29, 0.717) is 5.76 Å². The van der Waals surface area contributed by atoms with Gasteiger partial charge in [-0.15, -0.1) is 0 Å². The molecule has 1 aliphatic rings. The van der Waals surface area contributed by atoms with E-state index in [9.17, 15) is 9.59 Å². The second-order valence-electron chi connectivity index (χ2n) is 7.18. The number of likely N-dealkylation sites (N-methyl/N-ethyl adjacent to an activating group) is 1. The molecule has 5 nitrogen and oxygen atoms in total. The topological polar surface area (TPSA) is 71.3 Å². The van der Waals surface area contributed by atoms with E-state index in [-0.39, 0.29) is 23.5 Å². The molecule has 1 aliphatic carbocycles. The van der Waals surface area contributed by atoms with Crippen molar-refractivity contribution in [3.05, 3.63) is 47.7 Å². The summed E-state index contributed by atoms with van der Waals surface area (Å²) in [5.41, 5.74) is 2.19. The number of nitrogens with one attached hydrogen (secondary N) is 2. The molecule has 2 aromatic rings. The van der Waals surface area contributed by atoms with Gasteiger partial charge in [0.25, 0.3) is 5.91 Å². The highest BCUT2D eigenvalue weighted by atomic mass is 16.3. The van der Waals surface area contributed by atoms with Crippen LogP contribution in [0.4, 0.5) is 0 Å². The summed E-state index contributed by atoms with van der Waals surface area (Å²) >= 11 is 0. The highest BCUT2D eigenvalue weighted by Gasteiger charge is 2.31. The van der Waals surface area contributed by atoms with Crippen LogP contribution in [0.3, 0.4) is 0 Å². The molecule has 0 bridgehead atoms. The van der Waals surface area contributed by atoms with Gasteiger partial charge in [-0.25, -0.2) is 0 Å². The first-order valence-electron chi connectivity index (χ1n) is 9.84. The zero-order valence-corrected chi connectivity index (χ0v) is 16.1. The van der Waals surface area contributed by atoms with Gasteiger partial charge in [0.15, 0.2) is 5.76 Å². The van der Waals surface area contributed by atoms with E-state index in [1.807, 2.05) is 12.1 Å². The summed E-state index contributed by atoms with van der Waals surface area (Å²) in [6.45, 7) is 2.11. The number of carbonyl (C=O) groups excluding carboxylic acids is 2. The van der Waals surface area contributed by atoms with E-state index in [1.54, 1.807) is 19.2 Å². The maximum absolute atomic E-state index is 12.7. The van der Waals surface area contributed by atoms with Crippen LogP contribution in [0.25, 0.3) is 11.3 Å². The first-order chi connectivity index (χ1) is 13.1. The molecule has 27 heavy (non-hydrogen) atoms. The van der Waals surface area contributed by atoms with Crippen molar-refractivity contribution in [3.8, 4) is 11.3 Å². The van der Waals surface area contributed by atoms with Crippen molar-refractivity contribution in [3.63, 3.8) is 0 Å². The molecule has 1 atom stereocenters. The van der Waals surface area contributed by atoms with Crippen molar-refractivity contribution in [2.75, 3.05) is 7.05 Å². The fraction of sp³-hybridized carbons (Fsp3) is 0.455. The Bertz CT molecular complexity index is 773. The van der Waals surface area contributed by atoms with E-state index in [4.69, 9.17) is 4.42 Å². The Labute approximate surface area is 160 Å². The number of rotatable bonds is 6. The molecule has 1 saturated carbocycles. The molecule has 2 N–H and O–H groups in total. The van der Waals surface area contributed by atoms with Crippen LogP contribution in [-0.2, 0) is 11.2 Å². The van der Waals surface area contributed by atoms with Crippen LogP contribution in [-0.4, -0.2) is 24.9 Å². The Morgan fingerprint density at radius 3 is 2.41 bits per heavy atom. The molecule has 1 heterocycles. The number of carbonyl (C=O) groups is 2. The average molecular weight is 368 g/mol. The van der Waals surface area contributed by atoms with Gasteiger partial charge < -0.3 is 15.1 Å². The van der Waals surface area contributed by atoms with Crippen molar-refractivity contribution < 1.29 is 14.0 Å². The largest absolute Gasteiger partial charge is 0.451 e. The predicted octanol–water partition coefficient (Wildman–Crippen LogP) is 3.93. The maximum Gasteiger partial charge on any atom is 0.287 e. The molecule has 1 fully saturated rings. The summed E-state index contributed by atoms with van der Waals surface area (Å²) in [6.07, 6.45) is 6.31. The molecule has 144 valence electrons. The molecule has 0 aliphatic heterocycles. The Balaban J connectivity index is 1.72. The molecule has 0 unspecified atom stereocenters. The number of hydrogen-bond donors (Lipinski definition) is 2. The smallest absolute Gasteiger partial charge is 0.287 e. The summed E-state index contributed by atoms with van der Waals surface area (Å²) in [7, 11) is 1.61. The van der Waals surface area contributed by atoms with Gasteiger partial charge in [-0.05, 0) is 42.9 Å². The van der Waals surface area contributed by atoms with Gasteiger partial charge in [0.05, 0.1) is 0 Å². The molecule has 0 saturated heterocycles. The van der Waals surface area contributed by atoms with Crippen LogP contribution >= 0.6 is 0 Å². The number of hydrogen-bond acceptors (Lipinski definition) is 3. The van der Waals surface area contributed by atoms with Crippen molar-refractivity contribution in [1.29, 1.82) is 0 Å². The van der Waals surface area contributed by atoms with Crippen molar-refractivity contribution in [1.82, 2.24) is 10.6 Å². The molecule has 0 radical (unpaired) electrons.